The van der Waals surface area contributed by atoms with Crippen molar-refractivity contribution in [1.29, 1.82) is 0 Å². The molecule has 0 fully saturated rings. The van der Waals surface area contributed by atoms with E-state index in [1.165, 1.54) is 44.2 Å². The van der Waals surface area contributed by atoms with Crippen LogP contribution in [0.3, 0.4) is 0 Å². The average molecular weight is 708 g/mol. The van der Waals surface area contributed by atoms with Crippen molar-refractivity contribution in [2.24, 2.45) is 0 Å². The summed E-state index contributed by atoms with van der Waals surface area (Å²) < 4.78 is -0.436. The van der Waals surface area contributed by atoms with Gasteiger partial charge in [0.1, 0.15) is 0 Å². The highest BCUT2D eigenvalue weighted by Gasteiger charge is 2.29. The lowest BCUT2D eigenvalue weighted by atomic mass is 9.79. The standard InChI is InChI=1S/C33H27I2P/c1-24-22-29(31(25-14-6-2-7-15-25)26-16-8-3-9-17-26)33(36(34)35)30(23-24)32(27-18-10-4-11-19-27)28-20-12-5-13-21-28/h2-23,31-32H,1H3. The van der Waals surface area contributed by atoms with Crippen LogP contribution in [0.1, 0.15) is 50.8 Å². The number of rotatable bonds is 7. The van der Waals surface area contributed by atoms with E-state index in [-0.39, 0.29) is 11.8 Å². The molecule has 0 heterocycles. The van der Waals surface area contributed by atoms with Gasteiger partial charge in [-0.2, -0.15) is 0 Å². The van der Waals surface area contributed by atoms with E-state index in [0.29, 0.717) is 0 Å². The average Bonchev–Trinajstić information content (AvgIpc) is 2.91. The molecular formula is C33H27I2P. The highest BCUT2D eigenvalue weighted by Crippen LogP contribution is 2.56. The third-order valence-corrected chi connectivity index (χ3v) is 10.4. The number of aryl methyl sites for hydroxylation is 1. The van der Waals surface area contributed by atoms with E-state index in [1.54, 1.807) is 0 Å². The van der Waals surface area contributed by atoms with Crippen LogP contribution in [-0.4, -0.2) is 0 Å². The van der Waals surface area contributed by atoms with E-state index in [4.69, 9.17) is 0 Å². The van der Waals surface area contributed by atoms with Gasteiger partial charge in [-0.3, -0.25) is 0 Å². The Bertz CT molecular complexity index is 1220. The van der Waals surface area contributed by atoms with Crippen LogP contribution in [-0.2, 0) is 0 Å². The Morgan fingerprint density at radius 2 is 0.750 bits per heavy atom. The zero-order valence-corrected chi connectivity index (χ0v) is 25.3. The third kappa shape index (κ3) is 5.61. The van der Waals surface area contributed by atoms with Crippen molar-refractivity contribution >= 4 is 52.6 Å². The zero-order valence-electron chi connectivity index (χ0n) is 20.1. The quantitative estimate of drug-likeness (QED) is 0.0898. The summed E-state index contributed by atoms with van der Waals surface area (Å²) in [5.74, 6) is 0.366. The third-order valence-electron chi connectivity index (χ3n) is 6.64. The van der Waals surface area contributed by atoms with Gasteiger partial charge < -0.3 is 0 Å². The summed E-state index contributed by atoms with van der Waals surface area (Å²) in [5.41, 5.74) is 9.50. The van der Waals surface area contributed by atoms with E-state index in [1.807, 2.05) is 0 Å². The number of halogens is 2. The molecule has 0 saturated carbocycles. The van der Waals surface area contributed by atoms with E-state index >= 15 is 0 Å². The van der Waals surface area contributed by atoms with E-state index in [2.05, 4.69) is 184 Å². The first-order chi connectivity index (χ1) is 17.6. The molecule has 0 amide bonds. The van der Waals surface area contributed by atoms with Gasteiger partial charge in [0.2, 0.25) is 0 Å². The molecule has 0 bridgehead atoms. The first-order valence-corrected chi connectivity index (χ1v) is 19.0. The molecule has 0 atom stereocenters. The van der Waals surface area contributed by atoms with Crippen molar-refractivity contribution in [3.8, 4) is 0 Å². The highest BCUT2D eigenvalue weighted by molar-refractivity contribution is 14.3. The molecule has 5 aromatic carbocycles. The largest absolute Gasteiger partial charge is 0.0622 e. The maximum Gasteiger partial charge on any atom is 0.0561 e. The summed E-state index contributed by atoms with van der Waals surface area (Å²) in [5, 5.41) is 1.49. The fourth-order valence-corrected chi connectivity index (χ4v) is 9.28. The van der Waals surface area contributed by atoms with E-state index in [9.17, 15) is 0 Å². The highest BCUT2D eigenvalue weighted by atomic mass is 127. The van der Waals surface area contributed by atoms with Crippen molar-refractivity contribution in [3.05, 3.63) is 172 Å². The summed E-state index contributed by atoms with van der Waals surface area (Å²) in [4.78, 5) is 0. The molecule has 178 valence electrons. The van der Waals surface area contributed by atoms with Gasteiger partial charge in [0.15, 0.2) is 0 Å². The Morgan fingerprint density at radius 3 is 1.00 bits per heavy atom. The Balaban J connectivity index is 1.81. The van der Waals surface area contributed by atoms with Crippen molar-refractivity contribution in [2.75, 3.05) is 0 Å². The van der Waals surface area contributed by atoms with Crippen LogP contribution in [0.2, 0.25) is 0 Å². The minimum atomic E-state index is -0.436. The van der Waals surface area contributed by atoms with E-state index in [0.717, 1.165) is 0 Å². The molecule has 0 aliphatic rings. The molecule has 0 aliphatic carbocycles. The molecule has 0 saturated heterocycles. The van der Waals surface area contributed by atoms with Gasteiger partial charge in [0, 0.05) is 17.1 Å². The van der Waals surface area contributed by atoms with Crippen LogP contribution in [0, 0.1) is 6.92 Å². The van der Waals surface area contributed by atoms with Crippen molar-refractivity contribution in [3.63, 3.8) is 0 Å². The van der Waals surface area contributed by atoms with Crippen molar-refractivity contribution < 1.29 is 0 Å². The zero-order chi connectivity index (χ0) is 24.9. The Kier molecular flexibility index (Phi) is 8.56. The normalized spacial score (nSPS) is 11.4. The SMILES string of the molecule is Cc1cc(C(c2ccccc2)c2ccccc2)c(P(I)I)c(C(c2ccccc2)c2ccccc2)c1. The fraction of sp³-hybridized carbons (Fsp3) is 0.0909. The lowest BCUT2D eigenvalue weighted by Crippen LogP contribution is -2.21. The smallest absolute Gasteiger partial charge is 0.0561 e. The molecule has 0 aromatic heterocycles. The summed E-state index contributed by atoms with van der Waals surface area (Å²) >= 11 is 5.33. The summed E-state index contributed by atoms with van der Waals surface area (Å²) in [6.07, 6.45) is 0. The number of benzene rings is 5. The monoisotopic (exact) mass is 708 g/mol. The summed E-state index contributed by atoms with van der Waals surface area (Å²) in [6.45, 7) is 2.25. The molecular weight excluding hydrogens is 681 g/mol. The van der Waals surface area contributed by atoms with Gasteiger partial charge >= 0.3 is 0 Å². The van der Waals surface area contributed by atoms with Gasteiger partial charge in [-0.15, -0.1) is 0 Å². The first-order valence-electron chi connectivity index (χ1n) is 12.1. The summed E-state index contributed by atoms with van der Waals surface area (Å²) in [6, 6.07) is 48.8. The Morgan fingerprint density at radius 1 is 0.472 bits per heavy atom. The molecule has 3 heteroatoms. The first kappa shape index (κ1) is 25.6. The fourth-order valence-electron chi connectivity index (χ4n) is 5.16. The molecule has 0 unspecified atom stereocenters. The Hall–Kier alpha value is -2.01. The van der Waals surface area contributed by atoms with Crippen molar-refractivity contribution in [2.45, 2.75) is 18.8 Å². The van der Waals surface area contributed by atoms with Gasteiger partial charge in [-0.05, 0) is 84.4 Å². The molecule has 0 nitrogen and oxygen atoms in total. The predicted octanol–water partition coefficient (Wildman–Crippen LogP) is 10.2. The molecule has 0 N–H and O–H groups in total. The van der Waals surface area contributed by atoms with Gasteiger partial charge in [-0.1, -0.05) is 139 Å². The minimum Gasteiger partial charge on any atom is -0.0622 e. The predicted molar refractivity (Wildman–Crippen MR) is 173 cm³/mol. The molecule has 5 aromatic rings. The number of hydrogen-bond donors (Lipinski definition) is 0. The maximum atomic E-state index is 2.67. The second-order valence-electron chi connectivity index (χ2n) is 9.03. The van der Waals surface area contributed by atoms with Crippen LogP contribution >= 0.6 is 47.3 Å². The van der Waals surface area contributed by atoms with Gasteiger partial charge in [-0.25, -0.2) is 0 Å². The number of hydrogen-bond acceptors (Lipinski definition) is 0. The Labute approximate surface area is 241 Å². The second kappa shape index (κ2) is 12.0. The van der Waals surface area contributed by atoms with Gasteiger partial charge in [0.05, 0.1) is 3.21 Å². The second-order valence-corrected chi connectivity index (χ2v) is 21.3. The van der Waals surface area contributed by atoms with Crippen LogP contribution in [0.15, 0.2) is 133 Å². The topological polar surface area (TPSA) is 0 Å². The van der Waals surface area contributed by atoms with Crippen LogP contribution in [0.4, 0.5) is 0 Å². The molecule has 0 spiro atoms. The van der Waals surface area contributed by atoms with E-state index < -0.39 is 3.21 Å². The summed E-state index contributed by atoms with van der Waals surface area (Å²) in [7, 11) is 0. The van der Waals surface area contributed by atoms with Crippen LogP contribution in [0.5, 0.6) is 0 Å². The lowest BCUT2D eigenvalue weighted by molar-refractivity contribution is 0.950. The van der Waals surface area contributed by atoms with Crippen molar-refractivity contribution in [1.82, 2.24) is 0 Å². The van der Waals surface area contributed by atoms with Crippen LogP contribution in [0.25, 0.3) is 0 Å². The van der Waals surface area contributed by atoms with Gasteiger partial charge in [0.25, 0.3) is 0 Å². The molecule has 0 radical (unpaired) electrons. The maximum absolute atomic E-state index is 2.67. The molecule has 5 rings (SSSR count). The molecule has 36 heavy (non-hydrogen) atoms. The van der Waals surface area contributed by atoms with Crippen LogP contribution < -0.4 is 5.30 Å². The molecule has 0 aliphatic heterocycles. The minimum absolute atomic E-state index is 0.183. The lowest BCUT2D eigenvalue weighted by Gasteiger charge is -2.29.